The third-order valence-corrected chi connectivity index (χ3v) is 5.49. The van der Waals surface area contributed by atoms with Gasteiger partial charge in [-0.15, -0.1) is 5.10 Å². The molecule has 1 fully saturated rings. The molecule has 1 N–H and O–H groups in total. The van der Waals surface area contributed by atoms with Gasteiger partial charge in [0.2, 0.25) is 0 Å². The molecule has 1 aliphatic heterocycles. The lowest BCUT2D eigenvalue weighted by Crippen LogP contribution is -2.28. The Morgan fingerprint density at radius 2 is 2.06 bits per heavy atom. The summed E-state index contributed by atoms with van der Waals surface area (Å²) >= 11 is 0. The van der Waals surface area contributed by atoms with Crippen molar-refractivity contribution in [2.24, 2.45) is 0 Å². The van der Waals surface area contributed by atoms with Crippen LogP contribution in [0.3, 0.4) is 0 Å². The molecular formula is C22H23N9O. The average Bonchev–Trinajstić information content (AvgIpc) is 3.46. The largest absolute Gasteiger partial charge is 0.381 e. The molecule has 0 unspecified atom stereocenters. The van der Waals surface area contributed by atoms with E-state index in [2.05, 4.69) is 43.7 Å². The van der Waals surface area contributed by atoms with Crippen LogP contribution in [0.1, 0.15) is 31.7 Å². The Bertz CT molecular complexity index is 1280. The van der Waals surface area contributed by atoms with Crippen LogP contribution in [0.4, 0.5) is 5.69 Å². The Morgan fingerprint density at radius 3 is 2.88 bits per heavy atom. The summed E-state index contributed by atoms with van der Waals surface area (Å²) < 4.78 is 9.04. The number of nitrogens with one attached hydrogen (secondary N) is 1. The van der Waals surface area contributed by atoms with Gasteiger partial charge >= 0.3 is 0 Å². The Labute approximate surface area is 184 Å². The van der Waals surface area contributed by atoms with Crippen molar-refractivity contribution in [2.75, 3.05) is 18.5 Å². The van der Waals surface area contributed by atoms with Gasteiger partial charge in [-0.25, -0.2) is 9.97 Å². The highest BCUT2D eigenvalue weighted by Crippen LogP contribution is 2.30. The van der Waals surface area contributed by atoms with E-state index in [0.717, 1.165) is 61.4 Å². The molecule has 0 spiro atoms. The summed E-state index contributed by atoms with van der Waals surface area (Å²) in [6.07, 6.45) is 9.84. The first-order valence-electron chi connectivity index (χ1n) is 10.7. The number of pyridine rings is 2. The molecule has 4 aromatic rings. The molecule has 5 rings (SSSR count). The minimum Gasteiger partial charge on any atom is -0.381 e. The van der Waals surface area contributed by atoms with Crippen LogP contribution in [0.5, 0.6) is 0 Å². The molecule has 0 radical (unpaired) electrons. The molecule has 32 heavy (non-hydrogen) atoms. The van der Waals surface area contributed by atoms with E-state index in [4.69, 9.17) is 10.00 Å². The molecule has 1 saturated heterocycles. The van der Waals surface area contributed by atoms with E-state index in [9.17, 15) is 0 Å². The standard InChI is InChI=1S/C22H23N9O/c1-2-5-30-14-20(28-29-30)18-13-24-21(9-19(18)27-17-3-6-32-7-4-17)31-22-16(12-26-31)8-15(10-23)11-25-22/h8-9,11-14,17H,2-7H2,1H3,(H,24,27). The molecule has 10 nitrogen and oxygen atoms in total. The lowest BCUT2D eigenvalue weighted by atomic mass is 10.1. The zero-order valence-corrected chi connectivity index (χ0v) is 17.8. The number of fused-ring (bicyclic) bond motifs is 1. The van der Waals surface area contributed by atoms with E-state index < -0.39 is 0 Å². The van der Waals surface area contributed by atoms with Crippen molar-refractivity contribution < 1.29 is 4.74 Å². The van der Waals surface area contributed by atoms with Crippen LogP contribution in [0.15, 0.2) is 36.9 Å². The minimum absolute atomic E-state index is 0.300. The second-order valence-electron chi connectivity index (χ2n) is 7.79. The van der Waals surface area contributed by atoms with Gasteiger partial charge in [-0.05, 0) is 25.3 Å². The van der Waals surface area contributed by atoms with Gasteiger partial charge in [0.05, 0.1) is 18.0 Å². The SMILES string of the molecule is CCCn1cc(-c2cnc(-n3ncc4cc(C#N)cnc43)cc2NC2CCOCC2)nn1. The topological polar surface area (TPSA) is 119 Å². The Morgan fingerprint density at radius 1 is 1.19 bits per heavy atom. The molecule has 1 aliphatic rings. The van der Waals surface area contributed by atoms with Crippen molar-refractivity contribution in [1.82, 2.24) is 34.7 Å². The predicted octanol–water partition coefficient (Wildman–Crippen LogP) is 2.95. The summed E-state index contributed by atoms with van der Waals surface area (Å²) in [5.74, 6) is 0.636. The van der Waals surface area contributed by atoms with Crippen LogP contribution in [-0.4, -0.2) is 54.0 Å². The van der Waals surface area contributed by atoms with Crippen LogP contribution >= 0.6 is 0 Å². The van der Waals surface area contributed by atoms with Gasteiger partial charge in [0.25, 0.3) is 0 Å². The fourth-order valence-electron chi connectivity index (χ4n) is 3.86. The molecule has 162 valence electrons. The molecule has 10 heteroatoms. The first kappa shape index (κ1) is 20.1. The highest BCUT2D eigenvalue weighted by atomic mass is 16.5. The van der Waals surface area contributed by atoms with Crippen molar-refractivity contribution in [2.45, 2.75) is 38.8 Å². The van der Waals surface area contributed by atoms with Crippen molar-refractivity contribution in [3.8, 4) is 23.1 Å². The molecule has 0 atom stereocenters. The van der Waals surface area contributed by atoms with E-state index in [1.165, 1.54) is 0 Å². The number of hydrogen-bond donors (Lipinski definition) is 1. The van der Waals surface area contributed by atoms with Gasteiger partial charge < -0.3 is 10.1 Å². The van der Waals surface area contributed by atoms with E-state index in [-0.39, 0.29) is 0 Å². The number of nitrogens with zero attached hydrogens (tertiary/aromatic N) is 8. The number of anilines is 1. The monoisotopic (exact) mass is 429 g/mol. The van der Waals surface area contributed by atoms with Crippen LogP contribution in [0, 0.1) is 11.3 Å². The third-order valence-electron chi connectivity index (χ3n) is 5.49. The normalized spacial score (nSPS) is 14.5. The van der Waals surface area contributed by atoms with Crippen LogP contribution in [-0.2, 0) is 11.3 Å². The maximum absolute atomic E-state index is 9.13. The van der Waals surface area contributed by atoms with Gasteiger partial charge in [0.15, 0.2) is 11.5 Å². The van der Waals surface area contributed by atoms with E-state index in [1.54, 1.807) is 29.3 Å². The number of aryl methyl sites for hydroxylation is 1. The maximum atomic E-state index is 9.13. The lowest BCUT2D eigenvalue weighted by molar-refractivity contribution is 0.0904. The van der Waals surface area contributed by atoms with Crippen LogP contribution < -0.4 is 5.32 Å². The van der Waals surface area contributed by atoms with Crippen LogP contribution in [0.2, 0.25) is 0 Å². The molecule has 0 saturated carbocycles. The first-order valence-corrected chi connectivity index (χ1v) is 10.7. The lowest BCUT2D eigenvalue weighted by Gasteiger charge is -2.25. The number of nitriles is 1. The Kier molecular flexibility index (Phi) is 5.47. The van der Waals surface area contributed by atoms with Gasteiger partial charge in [-0.1, -0.05) is 12.1 Å². The van der Waals surface area contributed by atoms with Gasteiger partial charge in [0, 0.05) is 60.9 Å². The molecular weight excluding hydrogens is 406 g/mol. The summed E-state index contributed by atoms with van der Waals surface area (Å²) in [5, 5.41) is 26.6. The fraction of sp³-hybridized carbons (Fsp3) is 0.364. The maximum Gasteiger partial charge on any atom is 0.164 e. The minimum atomic E-state index is 0.300. The zero-order chi connectivity index (χ0) is 21.9. The number of rotatable bonds is 6. The molecule has 0 bridgehead atoms. The molecule has 0 aromatic carbocycles. The average molecular weight is 429 g/mol. The molecule has 4 aromatic heterocycles. The molecule has 0 amide bonds. The van der Waals surface area contributed by atoms with Crippen molar-refractivity contribution in [3.05, 3.63) is 42.5 Å². The quantitative estimate of drug-likeness (QED) is 0.497. The summed E-state index contributed by atoms with van der Waals surface area (Å²) in [4.78, 5) is 9.07. The van der Waals surface area contributed by atoms with Crippen molar-refractivity contribution >= 4 is 16.7 Å². The number of hydrogen-bond acceptors (Lipinski definition) is 8. The second kappa shape index (κ2) is 8.72. The third kappa shape index (κ3) is 3.90. The van der Waals surface area contributed by atoms with Gasteiger partial charge in [-0.3, -0.25) is 4.68 Å². The highest BCUT2D eigenvalue weighted by Gasteiger charge is 2.19. The zero-order valence-electron chi connectivity index (χ0n) is 17.8. The van der Waals surface area contributed by atoms with E-state index >= 15 is 0 Å². The first-order chi connectivity index (χ1) is 15.7. The van der Waals surface area contributed by atoms with E-state index in [1.807, 2.05) is 16.9 Å². The molecule has 5 heterocycles. The van der Waals surface area contributed by atoms with Crippen LogP contribution in [0.25, 0.3) is 28.1 Å². The number of aromatic nitrogens is 7. The predicted molar refractivity (Wildman–Crippen MR) is 118 cm³/mol. The Balaban J connectivity index is 1.56. The van der Waals surface area contributed by atoms with Crippen molar-refractivity contribution in [3.63, 3.8) is 0 Å². The summed E-state index contributed by atoms with van der Waals surface area (Å²) in [6.45, 7) is 4.41. The fourth-order valence-corrected chi connectivity index (χ4v) is 3.86. The summed E-state index contributed by atoms with van der Waals surface area (Å²) in [6, 6.07) is 6.15. The van der Waals surface area contributed by atoms with E-state index in [0.29, 0.717) is 23.1 Å². The molecule has 0 aliphatic carbocycles. The Hall–Kier alpha value is -3.84. The highest BCUT2D eigenvalue weighted by molar-refractivity contribution is 5.79. The van der Waals surface area contributed by atoms with Crippen molar-refractivity contribution in [1.29, 1.82) is 5.26 Å². The number of ether oxygens (including phenoxy) is 1. The smallest absolute Gasteiger partial charge is 0.164 e. The summed E-state index contributed by atoms with van der Waals surface area (Å²) in [5.41, 5.74) is 3.73. The summed E-state index contributed by atoms with van der Waals surface area (Å²) in [7, 11) is 0. The van der Waals surface area contributed by atoms with Gasteiger partial charge in [0.1, 0.15) is 11.8 Å². The second-order valence-corrected chi connectivity index (χ2v) is 7.79. The van der Waals surface area contributed by atoms with Gasteiger partial charge in [-0.2, -0.15) is 15.0 Å².